The molecule has 0 bridgehead atoms. The smallest absolute Gasteiger partial charge is 0.247 e. The van der Waals surface area contributed by atoms with E-state index < -0.39 is 22.0 Å². The van der Waals surface area contributed by atoms with E-state index in [1.165, 1.54) is 7.05 Å². The van der Waals surface area contributed by atoms with E-state index in [-0.39, 0.29) is 0 Å². The Bertz CT molecular complexity index is 822. The van der Waals surface area contributed by atoms with Gasteiger partial charge in [-0.1, -0.05) is 36.4 Å². The number of anilines is 1. The van der Waals surface area contributed by atoms with Gasteiger partial charge in [0, 0.05) is 18.8 Å². The van der Waals surface area contributed by atoms with E-state index in [9.17, 15) is 13.2 Å². The molecule has 0 saturated heterocycles. The SMILES string of the molecule is CCOc1cccc(NC(=O)C(c2ccccc2)N(C)S(C)(=O)=O)c1. The number of carbonyl (C=O) groups excluding carboxylic acids is 1. The van der Waals surface area contributed by atoms with Crippen LogP contribution in [0.2, 0.25) is 0 Å². The average molecular weight is 362 g/mol. The van der Waals surface area contributed by atoms with Crippen LogP contribution in [0.15, 0.2) is 54.6 Å². The van der Waals surface area contributed by atoms with E-state index in [1.807, 2.05) is 13.0 Å². The summed E-state index contributed by atoms with van der Waals surface area (Å²) in [4.78, 5) is 12.8. The molecular weight excluding hydrogens is 340 g/mol. The lowest BCUT2D eigenvalue weighted by Gasteiger charge is -2.25. The minimum Gasteiger partial charge on any atom is -0.494 e. The predicted molar refractivity (Wildman–Crippen MR) is 98.0 cm³/mol. The molecule has 7 heteroatoms. The second-order valence-corrected chi connectivity index (χ2v) is 7.58. The Hall–Kier alpha value is -2.38. The minimum absolute atomic E-state index is 0.437. The highest BCUT2D eigenvalue weighted by molar-refractivity contribution is 7.88. The van der Waals surface area contributed by atoms with Crippen LogP contribution in [-0.4, -0.2) is 38.5 Å². The summed E-state index contributed by atoms with van der Waals surface area (Å²) in [6.45, 7) is 2.39. The van der Waals surface area contributed by atoms with E-state index in [4.69, 9.17) is 4.74 Å². The Morgan fingerprint density at radius 1 is 1.16 bits per heavy atom. The van der Waals surface area contributed by atoms with Crippen LogP contribution in [0.1, 0.15) is 18.5 Å². The lowest BCUT2D eigenvalue weighted by Crippen LogP contribution is -2.38. The van der Waals surface area contributed by atoms with Gasteiger partial charge in [-0.05, 0) is 24.6 Å². The number of hydrogen-bond acceptors (Lipinski definition) is 4. The molecule has 0 aliphatic heterocycles. The summed E-state index contributed by atoms with van der Waals surface area (Å²) < 4.78 is 30.4. The molecule has 0 radical (unpaired) electrons. The third-order valence-electron chi connectivity index (χ3n) is 3.66. The fourth-order valence-corrected chi connectivity index (χ4v) is 2.99. The molecule has 0 aromatic heterocycles. The van der Waals surface area contributed by atoms with Crippen molar-refractivity contribution in [1.29, 1.82) is 0 Å². The summed E-state index contributed by atoms with van der Waals surface area (Å²) in [5, 5.41) is 2.77. The first-order chi connectivity index (χ1) is 11.8. The van der Waals surface area contributed by atoms with Crippen LogP contribution < -0.4 is 10.1 Å². The molecule has 6 nitrogen and oxygen atoms in total. The molecule has 1 N–H and O–H groups in total. The zero-order valence-electron chi connectivity index (χ0n) is 14.5. The van der Waals surface area contributed by atoms with Crippen molar-refractivity contribution >= 4 is 21.6 Å². The highest BCUT2D eigenvalue weighted by Crippen LogP contribution is 2.25. The summed E-state index contributed by atoms with van der Waals surface area (Å²) in [6, 6.07) is 14.8. The molecule has 0 aliphatic rings. The largest absolute Gasteiger partial charge is 0.494 e. The van der Waals surface area contributed by atoms with Crippen LogP contribution in [0, 0.1) is 0 Å². The number of carbonyl (C=O) groups is 1. The summed E-state index contributed by atoms with van der Waals surface area (Å²) in [5.74, 6) is 0.195. The van der Waals surface area contributed by atoms with Crippen LogP contribution in [0.25, 0.3) is 0 Å². The zero-order valence-corrected chi connectivity index (χ0v) is 15.3. The summed E-state index contributed by atoms with van der Waals surface area (Å²) in [6.07, 6.45) is 1.08. The van der Waals surface area contributed by atoms with Gasteiger partial charge in [-0.25, -0.2) is 8.42 Å². The molecule has 1 amide bonds. The van der Waals surface area contributed by atoms with Crippen molar-refractivity contribution in [1.82, 2.24) is 4.31 Å². The topological polar surface area (TPSA) is 75.7 Å². The summed E-state index contributed by atoms with van der Waals surface area (Å²) >= 11 is 0. The van der Waals surface area contributed by atoms with E-state index in [2.05, 4.69) is 5.32 Å². The summed E-state index contributed by atoms with van der Waals surface area (Å²) in [5.41, 5.74) is 1.13. The number of rotatable bonds is 7. The molecule has 1 atom stereocenters. The number of ether oxygens (including phenoxy) is 1. The number of nitrogens with zero attached hydrogens (tertiary/aromatic N) is 1. The fourth-order valence-electron chi connectivity index (χ4n) is 2.39. The number of amides is 1. The van der Waals surface area contributed by atoms with Gasteiger partial charge in [-0.2, -0.15) is 4.31 Å². The van der Waals surface area contributed by atoms with Crippen molar-refractivity contribution in [3.63, 3.8) is 0 Å². The van der Waals surface area contributed by atoms with Gasteiger partial charge in [0.05, 0.1) is 12.9 Å². The molecule has 0 aliphatic carbocycles. The number of benzene rings is 2. The second kappa shape index (κ2) is 8.13. The standard InChI is InChI=1S/C18H22N2O4S/c1-4-24-16-12-8-11-15(13-16)19-18(21)17(20(2)25(3,22)23)14-9-6-5-7-10-14/h5-13,17H,4H2,1-3H3,(H,19,21). The van der Waals surface area contributed by atoms with Gasteiger partial charge in [0.2, 0.25) is 15.9 Å². The third-order valence-corrected chi connectivity index (χ3v) is 4.92. The molecule has 2 aromatic carbocycles. The van der Waals surface area contributed by atoms with Gasteiger partial charge >= 0.3 is 0 Å². The van der Waals surface area contributed by atoms with Gasteiger partial charge in [0.15, 0.2) is 0 Å². The molecule has 2 rings (SSSR count). The summed E-state index contributed by atoms with van der Waals surface area (Å²) in [7, 11) is -2.16. The third kappa shape index (κ3) is 5.04. The van der Waals surface area contributed by atoms with Gasteiger partial charge in [-0.3, -0.25) is 4.79 Å². The van der Waals surface area contributed by atoms with E-state index in [0.29, 0.717) is 23.6 Å². The van der Waals surface area contributed by atoms with Crippen molar-refractivity contribution < 1.29 is 17.9 Å². The lowest BCUT2D eigenvalue weighted by molar-refractivity contribution is -0.119. The molecule has 0 fully saturated rings. The second-order valence-electron chi connectivity index (χ2n) is 5.54. The Morgan fingerprint density at radius 2 is 1.84 bits per heavy atom. The predicted octanol–water partition coefficient (Wildman–Crippen LogP) is 2.66. The van der Waals surface area contributed by atoms with Crippen molar-refractivity contribution in [3.8, 4) is 5.75 Å². The van der Waals surface area contributed by atoms with Gasteiger partial charge in [-0.15, -0.1) is 0 Å². The molecular formula is C18H22N2O4S. The Morgan fingerprint density at radius 3 is 2.44 bits per heavy atom. The first kappa shape index (κ1) is 19.0. The van der Waals surface area contributed by atoms with Crippen LogP contribution in [0.3, 0.4) is 0 Å². The maximum Gasteiger partial charge on any atom is 0.247 e. The van der Waals surface area contributed by atoms with Gasteiger partial charge in [0.1, 0.15) is 11.8 Å². The lowest BCUT2D eigenvalue weighted by atomic mass is 10.1. The molecule has 25 heavy (non-hydrogen) atoms. The van der Waals surface area contributed by atoms with E-state index >= 15 is 0 Å². The molecule has 0 spiro atoms. The van der Waals surface area contributed by atoms with E-state index in [1.54, 1.807) is 48.5 Å². The van der Waals surface area contributed by atoms with Crippen molar-refractivity contribution in [2.45, 2.75) is 13.0 Å². The Balaban J connectivity index is 2.31. The van der Waals surface area contributed by atoms with Crippen molar-refractivity contribution in [2.75, 3.05) is 25.2 Å². The first-order valence-electron chi connectivity index (χ1n) is 7.84. The van der Waals surface area contributed by atoms with Gasteiger partial charge < -0.3 is 10.1 Å². The van der Waals surface area contributed by atoms with Gasteiger partial charge in [0.25, 0.3) is 0 Å². The molecule has 134 valence electrons. The van der Waals surface area contributed by atoms with Crippen LogP contribution in [0.4, 0.5) is 5.69 Å². The Kier molecular flexibility index (Phi) is 6.17. The number of likely N-dealkylation sites (N-methyl/N-ethyl adjacent to an activating group) is 1. The maximum absolute atomic E-state index is 12.8. The van der Waals surface area contributed by atoms with Crippen molar-refractivity contribution in [3.05, 3.63) is 60.2 Å². The highest BCUT2D eigenvalue weighted by Gasteiger charge is 2.30. The van der Waals surface area contributed by atoms with E-state index in [0.717, 1.165) is 10.6 Å². The first-order valence-corrected chi connectivity index (χ1v) is 9.69. The quantitative estimate of drug-likeness (QED) is 0.822. The highest BCUT2D eigenvalue weighted by atomic mass is 32.2. The van der Waals surface area contributed by atoms with Crippen LogP contribution >= 0.6 is 0 Å². The number of nitrogens with one attached hydrogen (secondary N) is 1. The number of hydrogen-bond donors (Lipinski definition) is 1. The Labute approximate surface area is 148 Å². The minimum atomic E-state index is -3.56. The maximum atomic E-state index is 12.8. The fraction of sp³-hybridized carbons (Fsp3) is 0.278. The van der Waals surface area contributed by atoms with Crippen LogP contribution in [-0.2, 0) is 14.8 Å². The average Bonchev–Trinajstić information content (AvgIpc) is 2.56. The normalized spacial score (nSPS) is 12.6. The number of sulfonamides is 1. The zero-order chi connectivity index (χ0) is 18.4. The van der Waals surface area contributed by atoms with Crippen LogP contribution in [0.5, 0.6) is 5.75 Å². The molecule has 0 heterocycles. The monoisotopic (exact) mass is 362 g/mol. The molecule has 2 aromatic rings. The molecule has 0 saturated carbocycles. The van der Waals surface area contributed by atoms with Crippen molar-refractivity contribution in [2.24, 2.45) is 0 Å². The molecule has 1 unspecified atom stereocenters.